The number of carbonyl (C=O) groups excluding carboxylic acids is 4. The third-order valence-corrected chi connectivity index (χ3v) is 12.8. The number of nitrogens with one attached hydrogen (secondary N) is 2. The molecule has 0 radical (unpaired) electrons. The van der Waals surface area contributed by atoms with Gasteiger partial charge in [-0.3, -0.25) is 19.2 Å². The number of pyridine rings is 2. The van der Waals surface area contributed by atoms with Gasteiger partial charge in [0.15, 0.2) is 0 Å². The van der Waals surface area contributed by atoms with Crippen molar-refractivity contribution in [2.75, 3.05) is 57.5 Å². The molecule has 5 atom stereocenters. The Morgan fingerprint density at radius 2 is 1.13 bits per heavy atom. The zero-order chi connectivity index (χ0) is 47.4. The minimum Gasteiger partial charge on any atom is -0.360 e. The highest BCUT2D eigenvalue weighted by Gasteiger charge is 2.47. The van der Waals surface area contributed by atoms with Crippen LogP contribution in [-0.2, 0) is 19.2 Å². The van der Waals surface area contributed by atoms with E-state index >= 15 is 0 Å². The molecule has 0 bridgehead atoms. The molecule has 0 saturated carbocycles. The van der Waals surface area contributed by atoms with Gasteiger partial charge in [0.05, 0.1) is 53.3 Å². The van der Waals surface area contributed by atoms with Crippen molar-refractivity contribution in [3.8, 4) is 45.6 Å². The van der Waals surface area contributed by atoms with Gasteiger partial charge in [0.25, 0.3) is 5.92 Å². The lowest BCUT2D eigenvalue weighted by Gasteiger charge is -2.42. The Balaban J connectivity index is 0.874. The Hall–Kier alpha value is -7.78. The van der Waals surface area contributed by atoms with Gasteiger partial charge in [0.1, 0.15) is 46.8 Å². The number of likely N-dealkylation sites (N-methyl/N-ethyl adjacent to an activating group) is 2. The second kappa shape index (κ2) is 17.5. The van der Waals surface area contributed by atoms with Crippen molar-refractivity contribution in [3.05, 3.63) is 84.1 Å². The predicted molar refractivity (Wildman–Crippen MR) is 238 cm³/mol. The summed E-state index contributed by atoms with van der Waals surface area (Å²) in [5.74, 6) is -3.32. The summed E-state index contributed by atoms with van der Waals surface area (Å²) in [5, 5.41) is 14.6. The maximum atomic E-state index is 14.2. The summed E-state index contributed by atoms with van der Waals surface area (Å²) >= 11 is 0. The molecule has 1 unspecified atom stereocenters. The highest BCUT2D eigenvalue weighted by atomic mass is 19.3. The van der Waals surface area contributed by atoms with E-state index in [1.807, 2.05) is 18.2 Å². The van der Waals surface area contributed by atoms with E-state index in [1.165, 1.54) is 6.20 Å². The van der Waals surface area contributed by atoms with Crippen LogP contribution >= 0.6 is 0 Å². The fraction of sp³-hybridized carbons (Fsp3) is 0.391. The molecule has 350 valence electrons. The highest BCUT2D eigenvalue weighted by molar-refractivity contribution is 5.87. The third kappa shape index (κ3) is 8.56. The molecule has 0 aromatic carbocycles. The lowest BCUT2D eigenvalue weighted by molar-refractivity contribution is -0.166. The summed E-state index contributed by atoms with van der Waals surface area (Å²) in [5.41, 5.74) is 4.38. The van der Waals surface area contributed by atoms with Crippen molar-refractivity contribution >= 4 is 35.5 Å². The Bertz CT molecular complexity index is 2940. The summed E-state index contributed by atoms with van der Waals surface area (Å²) in [4.78, 5) is 86.3. The summed E-state index contributed by atoms with van der Waals surface area (Å²) in [6, 6.07) is 13.9. The molecule has 4 amide bonds. The monoisotopic (exact) mass is 928 g/mol. The SMILES string of the molecule is C[C@H](Nc1nccc(-c2cc(C3CCN3C(=O)[C@H](C)Nc3nccc(-c4cccc(-c5cc([C@@H]6CCN(C)C6=O)on5)n4)n3)cc(-c3cc([C@@H]4CCN(C)C4=O)on3)n2)n1)C(=O)N1CC(F)(F)C1. The Labute approximate surface area is 387 Å². The fourth-order valence-electron chi connectivity index (χ4n) is 8.89. The van der Waals surface area contributed by atoms with E-state index in [0.717, 1.165) is 10.5 Å². The normalized spacial score (nSPS) is 20.8. The van der Waals surface area contributed by atoms with Crippen LogP contribution in [0.4, 0.5) is 20.7 Å². The van der Waals surface area contributed by atoms with E-state index in [9.17, 15) is 28.0 Å². The van der Waals surface area contributed by atoms with Crippen molar-refractivity contribution in [1.82, 2.24) is 59.8 Å². The molecule has 4 fully saturated rings. The van der Waals surface area contributed by atoms with E-state index in [4.69, 9.17) is 19.0 Å². The standard InChI is InChI=1S/C46H46F2N14O6/c1-24(40(63)61-22-46(47,48)23-61)51-44-50-14-9-32(56-44)33-18-26(19-34(54-33)36-21-39(68-58-36)28-11-16-60(4)43(28)66)37-12-17-62(37)41(64)25(2)52-45-49-13-8-31(55-45)29-6-5-7-30(53-29)35-20-38(67-57-35)27-10-15-59(3)42(27)65/h5-9,13-14,18-21,24-25,27-28,37H,10-12,15-17,22-23H2,1-4H3,(H,49,52,55)(H,50,51,56)/t24-,25-,27-,28-,37?/m0/s1. The van der Waals surface area contributed by atoms with Crippen molar-refractivity contribution in [2.45, 2.75) is 69.0 Å². The zero-order valence-corrected chi connectivity index (χ0v) is 37.5. The highest BCUT2D eigenvalue weighted by Crippen LogP contribution is 2.39. The average molecular weight is 929 g/mol. The van der Waals surface area contributed by atoms with E-state index in [1.54, 1.807) is 85.2 Å². The molecule has 0 spiro atoms. The van der Waals surface area contributed by atoms with Gasteiger partial charge >= 0.3 is 0 Å². The summed E-state index contributed by atoms with van der Waals surface area (Å²) in [6.07, 6.45) is 4.94. The molecule has 4 aliphatic rings. The number of likely N-dealkylation sites (tertiary alicyclic amines) is 4. The summed E-state index contributed by atoms with van der Waals surface area (Å²) in [6.45, 7) is 3.71. The molecule has 22 heteroatoms. The van der Waals surface area contributed by atoms with Gasteiger partial charge in [-0.1, -0.05) is 16.4 Å². The molecule has 4 aliphatic heterocycles. The molecule has 68 heavy (non-hydrogen) atoms. The largest absolute Gasteiger partial charge is 0.360 e. The van der Waals surface area contributed by atoms with Crippen LogP contribution in [0.3, 0.4) is 0 Å². The molecule has 2 N–H and O–H groups in total. The van der Waals surface area contributed by atoms with Gasteiger partial charge in [-0.15, -0.1) is 0 Å². The molecular formula is C46H46F2N14O6. The minimum atomic E-state index is -2.90. The van der Waals surface area contributed by atoms with Crippen LogP contribution in [0.25, 0.3) is 45.6 Å². The molecular weight excluding hydrogens is 883 g/mol. The van der Waals surface area contributed by atoms with Gasteiger partial charge < -0.3 is 39.3 Å². The first-order valence-electron chi connectivity index (χ1n) is 22.3. The molecule has 6 aromatic heterocycles. The van der Waals surface area contributed by atoms with Gasteiger partial charge in [0.2, 0.25) is 35.5 Å². The first-order chi connectivity index (χ1) is 32.7. The van der Waals surface area contributed by atoms with Gasteiger partial charge in [0, 0.05) is 58.3 Å². The predicted octanol–water partition coefficient (Wildman–Crippen LogP) is 4.64. The van der Waals surface area contributed by atoms with E-state index in [-0.39, 0.29) is 41.6 Å². The number of hydrogen-bond donors (Lipinski definition) is 2. The second-order valence-electron chi connectivity index (χ2n) is 17.7. The number of anilines is 2. The van der Waals surface area contributed by atoms with Crippen molar-refractivity contribution < 1.29 is 37.0 Å². The summed E-state index contributed by atoms with van der Waals surface area (Å²) < 4.78 is 38.3. The van der Waals surface area contributed by atoms with Gasteiger partial charge in [-0.25, -0.2) is 38.7 Å². The molecule has 6 aromatic rings. The van der Waals surface area contributed by atoms with Crippen LogP contribution in [-0.4, -0.2) is 148 Å². The Kier molecular flexibility index (Phi) is 11.3. The van der Waals surface area contributed by atoms with Crippen molar-refractivity contribution in [2.24, 2.45) is 0 Å². The van der Waals surface area contributed by atoms with E-state index in [2.05, 4.69) is 40.9 Å². The minimum absolute atomic E-state index is 0.00791. The molecule has 10 rings (SSSR count). The first-order valence-corrected chi connectivity index (χ1v) is 22.3. The van der Waals surface area contributed by atoms with Crippen molar-refractivity contribution in [3.63, 3.8) is 0 Å². The average Bonchev–Trinajstić information content (AvgIpc) is 4.13. The Morgan fingerprint density at radius 3 is 1.65 bits per heavy atom. The molecule has 0 aliphatic carbocycles. The maximum absolute atomic E-state index is 14.2. The maximum Gasteiger partial charge on any atom is 0.282 e. The first kappa shape index (κ1) is 44.1. The topological polar surface area (TPSA) is 235 Å². The lowest BCUT2D eigenvalue weighted by atomic mass is 9.92. The van der Waals surface area contributed by atoms with Gasteiger partial charge in [-0.2, -0.15) is 0 Å². The number of carbonyl (C=O) groups is 4. The fourth-order valence-corrected chi connectivity index (χ4v) is 8.89. The number of alkyl halides is 2. The quantitative estimate of drug-likeness (QED) is 0.160. The number of hydrogen-bond acceptors (Lipinski definition) is 16. The van der Waals surface area contributed by atoms with Crippen molar-refractivity contribution in [1.29, 1.82) is 0 Å². The number of nitrogens with zero attached hydrogens (tertiary/aromatic N) is 12. The van der Waals surface area contributed by atoms with Crippen LogP contribution in [0, 0.1) is 0 Å². The summed E-state index contributed by atoms with van der Waals surface area (Å²) in [7, 11) is 3.50. The molecule has 20 nitrogen and oxygen atoms in total. The van der Waals surface area contributed by atoms with Crippen LogP contribution in [0.15, 0.2) is 76.0 Å². The van der Waals surface area contributed by atoms with E-state index < -0.39 is 42.9 Å². The zero-order valence-electron chi connectivity index (χ0n) is 37.5. The van der Waals surface area contributed by atoms with Crippen LogP contribution in [0.2, 0.25) is 0 Å². The lowest BCUT2D eigenvalue weighted by Crippen LogP contribution is -2.61. The smallest absolute Gasteiger partial charge is 0.282 e. The number of amides is 4. The molecule has 4 saturated heterocycles. The van der Waals surface area contributed by atoms with Gasteiger partial charge in [-0.05, 0) is 75.1 Å². The van der Waals surface area contributed by atoms with Crippen LogP contribution in [0.1, 0.15) is 68.1 Å². The third-order valence-electron chi connectivity index (χ3n) is 12.8. The van der Waals surface area contributed by atoms with Crippen LogP contribution in [0.5, 0.6) is 0 Å². The van der Waals surface area contributed by atoms with E-state index in [0.29, 0.717) is 96.0 Å². The number of aromatic nitrogens is 8. The number of rotatable bonds is 13. The Morgan fingerprint density at radius 1 is 0.647 bits per heavy atom. The van der Waals surface area contributed by atoms with Crippen LogP contribution < -0.4 is 10.6 Å². The second-order valence-corrected chi connectivity index (χ2v) is 17.7. The number of halogens is 2. The molecule has 10 heterocycles.